The Hall–Kier alpha value is -2.36. The quantitative estimate of drug-likeness (QED) is 0.868. The van der Waals surface area contributed by atoms with Crippen molar-refractivity contribution in [1.29, 1.82) is 0 Å². The number of carbonyl (C=O) groups excluding carboxylic acids is 1. The van der Waals surface area contributed by atoms with Gasteiger partial charge in [0.05, 0.1) is 6.04 Å². The van der Waals surface area contributed by atoms with Gasteiger partial charge in [-0.1, -0.05) is 42.5 Å². The monoisotopic (exact) mass is 286 g/mol. The van der Waals surface area contributed by atoms with Crippen LogP contribution in [0.4, 0.5) is 9.18 Å². The molecule has 1 atom stereocenters. The van der Waals surface area contributed by atoms with E-state index in [-0.39, 0.29) is 17.9 Å². The Morgan fingerprint density at radius 3 is 2.62 bits per heavy atom. The number of hydrogen-bond acceptors (Lipinski definition) is 1. The molecule has 0 spiro atoms. The van der Waals surface area contributed by atoms with Gasteiger partial charge >= 0.3 is 6.03 Å². The van der Waals surface area contributed by atoms with Gasteiger partial charge in [-0.05, 0) is 36.6 Å². The Balaban J connectivity index is 1.75. The molecule has 1 unspecified atom stereocenters. The second-order valence-electron chi connectivity index (χ2n) is 4.91. The van der Waals surface area contributed by atoms with Crippen molar-refractivity contribution < 1.29 is 9.18 Å². The summed E-state index contributed by atoms with van der Waals surface area (Å²) in [6.45, 7) is 2.40. The van der Waals surface area contributed by atoms with Gasteiger partial charge in [0, 0.05) is 6.54 Å². The van der Waals surface area contributed by atoms with E-state index in [2.05, 4.69) is 10.6 Å². The maximum Gasteiger partial charge on any atom is 0.315 e. The molecule has 2 aromatic carbocycles. The van der Waals surface area contributed by atoms with Crippen molar-refractivity contribution in [3.8, 4) is 0 Å². The number of nitrogens with one attached hydrogen (secondary N) is 2. The summed E-state index contributed by atoms with van der Waals surface area (Å²) < 4.78 is 13.0. The van der Waals surface area contributed by atoms with Crippen molar-refractivity contribution in [3.05, 3.63) is 71.5 Å². The van der Waals surface area contributed by atoms with E-state index in [0.717, 1.165) is 11.1 Å². The first-order chi connectivity index (χ1) is 10.1. The Kier molecular flexibility index (Phi) is 5.32. The molecule has 0 radical (unpaired) electrons. The molecule has 0 bridgehead atoms. The maximum atomic E-state index is 13.0. The molecule has 2 N–H and O–H groups in total. The first-order valence-corrected chi connectivity index (χ1v) is 6.99. The van der Waals surface area contributed by atoms with E-state index < -0.39 is 0 Å². The zero-order chi connectivity index (χ0) is 15.1. The van der Waals surface area contributed by atoms with Crippen LogP contribution in [0.1, 0.15) is 24.1 Å². The van der Waals surface area contributed by atoms with Crippen LogP contribution in [-0.2, 0) is 6.42 Å². The third-order valence-electron chi connectivity index (χ3n) is 3.24. The van der Waals surface area contributed by atoms with Crippen molar-refractivity contribution in [3.63, 3.8) is 0 Å². The average Bonchev–Trinajstić information content (AvgIpc) is 2.48. The number of hydrogen-bond donors (Lipinski definition) is 2. The van der Waals surface area contributed by atoms with Gasteiger partial charge in [0.1, 0.15) is 5.82 Å². The van der Waals surface area contributed by atoms with Crippen molar-refractivity contribution in [2.24, 2.45) is 0 Å². The summed E-state index contributed by atoms with van der Waals surface area (Å²) in [6, 6.07) is 15.9. The molecule has 0 aromatic heterocycles. The molecule has 0 heterocycles. The molecular formula is C17H19FN2O. The van der Waals surface area contributed by atoms with Crippen molar-refractivity contribution >= 4 is 6.03 Å². The second-order valence-corrected chi connectivity index (χ2v) is 4.91. The highest BCUT2D eigenvalue weighted by atomic mass is 19.1. The third kappa shape index (κ3) is 4.91. The van der Waals surface area contributed by atoms with Crippen LogP contribution >= 0.6 is 0 Å². The topological polar surface area (TPSA) is 41.1 Å². The molecule has 0 saturated carbocycles. The van der Waals surface area contributed by atoms with Crippen LogP contribution in [-0.4, -0.2) is 12.6 Å². The summed E-state index contributed by atoms with van der Waals surface area (Å²) in [4.78, 5) is 11.8. The highest BCUT2D eigenvalue weighted by Gasteiger charge is 2.08. The Morgan fingerprint density at radius 1 is 1.14 bits per heavy atom. The average molecular weight is 286 g/mol. The van der Waals surface area contributed by atoms with Gasteiger partial charge in [0.15, 0.2) is 0 Å². The molecule has 0 aliphatic carbocycles. The van der Waals surface area contributed by atoms with Gasteiger partial charge in [-0.3, -0.25) is 0 Å². The molecule has 3 nitrogen and oxygen atoms in total. The van der Waals surface area contributed by atoms with Gasteiger partial charge in [-0.2, -0.15) is 0 Å². The summed E-state index contributed by atoms with van der Waals surface area (Å²) in [5.41, 5.74) is 1.92. The molecule has 2 aromatic rings. The molecule has 2 amide bonds. The van der Waals surface area contributed by atoms with Crippen molar-refractivity contribution in [1.82, 2.24) is 10.6 Å². The van der Waals surface area contributed by atoms with Crippen LogP contribution in [0.3, 0.4) is 0 Å². The number of carbonyl (C=O) groups is 1. The predicted octanol–water partition coefficient (Wildman–Crippen LogP) is 3.43. The van der Waals surface area contributed by atoms with Gasteiger partial charge in [0.2, 0.25) is 0 Å². The van der Waals surface area contributed by atoms with Crippen LogP contribution in [0.5, 0.6) is 0 Å². The van der Waals surface area contributed by atoms with Crippen LogP contribution < -0.4 is 10.6 Å². The molecule has 0 aliphatic rings. The highest BCUT2D eigenvalue weighted by molar-refractivity contribution is 5.74. The first kappa shape index (κ1) is 15.0. The second kappa shape index (κ2) is 7.43. The van der Waals surface area contributed by atoms with E-state index in [1.807, 2.05) is 43.3 Å². The van der Waals surface area contributed by atoms with E-state index >= 15 is 0 Å². The first-order valence-electron chi connectivity index (χ1n) is 6.99. The van der Waals surface area contributed by atoms with Gasteiger partial charge in [0.25, 0.3) is 0 Å². The Morgan fingerprint density at radius 2 is 1.90 bits per heavy atom. The van der Waals surface area contributed by atoms with E-state index in [1.54, 1.807) is 6.07 Å². The summed E-state index contributed by atoms with van der Waals surface area (Å²) in [7, 11) is 0. The fourth-order valence-electron chi connectivity index (χ4n) is 2.09. The number of benzene rings is 2. The molecule has 2 rings (SSSR count). The van der Waals surface area contributed by atoms with Gasteiger partial charge in [-0.15, -0.1) is 0 Å². The molecule has 4 heteroatoms. The smallest absolute Gasteiger partial charge is 0.315 e. The SMILES string of the molecule is CC(NC(=O)NCCc1cccc(F)c1)c1ccccc1. The summed E-state index contributed by atoms with van der Waals surface area (Å²) in [5.74, 6) is -0.255. The van der Waals surface area contributed by atoms with Crippen LogP contribution in [0.25, 0.3) is 0 Å². The number of halogens is 1. The van der Waals surface area contributed by atoms with E-state index in [0.29, 0.717) is 13.0 Å². The Bertz CT molecular complexity index is 586. The zero-order valence-electron chi connectivity index (χ0n) is 12.0. The van der Waals surface area contributed by atoms with Crippen molar-refractivity contribution in [2.45, 2.75) is 19.4 Å². The largest absolute Gasteiger partial charge is 0.338 e. The molecule has 0 fully saturated rings. The lowest BCUT2D eigenvalue weighted by molar-refractivity contribution is 0.238. The normalized spacial score (nSPS) is 11.7. The minimum Gasteiger partial charge on any atom is -0.338 e. The zero-order valence-corrected chi connectivity index (χ0v) is 12.0. The van der Waals surface area contributed by atoms with Crippen LogP contribution in [0.2, 0.25) is 0 Å². The standard InChI is InChI=1S/C17H19FN2O/c1-13(15-7-3-2-4-8-15)20-17(21)19-11-10-14-6-5-9-16(18)12-14/h2-9,12-13H,10-11H2,1H3,(H2,19,20,21). The summed E-state index contributed by atoms with van der Waals surface area (Å²) in [6.07, 6.45) is 0.602. The summed E-state index contributed by atoms with van der Waals surface area (Å²) >= 11 is 0. The lowest BCUT2D eigenvalue weighted by Crippen LogP contribution is -2.38. The molecule has 0 saturated heterocycles. The van der Waals surface area contributed by atoms with E-state index in [4.69, 9.17) is 0 Å². The number of amides is 2. The highest BCUT2D eigenvalue weighted by Crippen LogP contribution is 2.10. The molecule has 21 heavy (non-hydrogen) atoms. The van der Waals surface area contributed by atoms with Crippen LogP contribution in [0.15, 0.2) is 54.6 Å². The van der Waals surface area contributed by atoms with Gasteiger partial charge in [-0.25, -0.2) is 9.18 Å². The fourth-order valence-corrected chi connectivity index (χ4v) is 2.09. The molecule has 110 valence electrons. The minimum atomic E-state index is -0.255. The number of urea groups is 1. The van der Waals surface area contributed by atoms with Gasteiger partial charge < -0.3 is 10.6 Å². The Labute approximate surface area is 124 Å². The predicted molar refractivity (Wildman–Crippen MR) is 81.5 cm³/mol. The fraction of sp³-hybridized carbons (Fsp3) is 0.235. The lowest BCUT2D eigenvalue weighted by Gasteiger charge is -2.15. The maximum absolute atomic E-state index is 13.0. The summed E-state index contributed by atoms with van der Waals surface area (Å²) in [5, 5.41) is 5.65. The molecule has 0 aliphatic heterocycles. The van der Waals surface area contributed by atoms with Crippen molar-refractivity contribution in [2.75, 3.05) is 6.54 Å². The van der Waals surface area contributed by atoms with Crippen LogP contribution in [0, 0.1) is 5.82 Å². The minimum absolute atomic E-state index is 0.0552. The lowest BCUT2D eigenvalue weighted by atomic mass is 10.1. The third-order valence-corrected chi connectivity index (χ3v) is 3.24. The molecular weight excluding hydrogens is 267 g/mol. The van der Waals surface area contributed by atoms with E-state index in [1.165, 1.54) is 12.1 Å². The number of rotatable bonds is 5. The van der Waals surface area contributed by atoms with E-state index in [9.17, 15) is 9.18 Å².